The minimum atomic E-state index is 0.504. The van der Waals surface area contributed by atoms with E-state index in [2.05, 4.69) is 91.9 Å². The zero-order valence-corrected chi connectivity index (χ0v) is 14.7. The van der Waals surface area contributed by atoms with Gasteiger partial charge in [0.15, 0.2) is 0 Å². The van der Waals surface area contributed by atoms with Gasteiger partial charge < -0.3 is 4.90 Å². The van der Waals surface area contributed by atoms with Gasteiger partial charge in [0.1, 0.15) is 0 Å². The third-order valence-electron chi connectivity index (χ3n) is 4.59. The Kier molecular flexibility index (Phi) is 5.58. The van der Waals surface area contributed by atoms with Crippen molar-refractivity contribution in [1.82, 2.24) is 4.90 Å². The largest absolute Gasteiger partial charge is 0.306 e. The summed E-state index contributed by atoms with van der Waals surface area (Å²) in [7, 11) is 4.42. The summed E-state index contributed by atoms with van der Waals surface area (Å²) in [6, 6.07) is 11.2. The zero-order valence-electron chi connectivity index (χ0n) is 13.9. The van der Waals surface area contributed by atoms with Crippen molar-refractivity contribution in [3.8, 4) is 0 Å². The van der Waals surface area contributed by atoms with Gasteiger partial charge in [0.2, 0.25) is 0 Å². The van der Waals surface area contributed by atoms with Crippen molar-refractivity contribution in [2.24, 2.45) is 11.8 Å². The van der Waals surface area contributed by atoms with Crippen molar-refractivity contribution in [2.75, 3.05) is 14.1 Å². The standard InChI is InChI=1S/C21H25NS/c1-22(2)20(16-15-17-9-6-7-10-17)19-13-8-14-21(19)23-18-11-4-3-5-12-18/h3-14,17,19-20H,15-16H2,1-2H3/t19?,20-/m1/s1. The summed E-state index contributed by atoms with van der Waals surface area (Å²) >= 11 is 1.91. The van der Waals surface area contributed by atoms with Crippen molar-refractivity contribution < 1.29 is 0 Å². The van der Waals surface area contributed by atoms with Gasteiger partial charge in [-0.15, -0.1) is 0 Å². The molecule has 23 heavy (non-hydrogen) atoms. The van der Waals surface area contributed by atoms with Gasteiger partial charge in [-0.1, -0.05) is 72.5 Å². The van der Waals surface area contributed by atoms with Gasteiger partial charge in [-0.05, 0) is 49.9 Å². The first-order valence-electron chi connectivity index (χ1n) is 8.37. The summed E-state index contributed by atoms with van der Waals surface area (Å²) in [6.45, 7) is 0. The second-order valence-electron chi connectivity index (χ2n) is 6.44. The molecule has 2 atom stereocenters. The maximum absolute atomic E-state index is 2.39. The molecule has 0 spiro atoms. The Labute approximate surface area is 144 Å². The molecule has 0 amide bonds. The molecule has 3 rings (SSSR count). The van der Waals surface area contributed by atoms with Crippen molar-refractivity contribution in [3.05, 3.63) is 77.8 Å². The third kappa shape index (κ3) is 4.27. The van der Waals surface area contributed by atoms with Crippen LogP contribution in [0.15, 0.2) is 82.7 Å². The molecule has 0 aliphatic heterocycles. The van der Waals surface area contributed by atoms with Gasteiger partial charge in [0, 0.05) is 16.9 Å². The Morgan fingerprint density at radius 2 is 1.74 bits per heavy atom. The lowest BCUT2D eigenvalue weighted by molar-refractivity contribution is 0.239. The van der Waals surface area contributed by atoms with E-state index in [1.807, 2.05) is 11.8 Å². The van der Waals surface area contributed by atoms with Gasteiger partial charge in [0.25, 0.3) is 0 Å². The van der Waals surface area contributed by atoms with Crippen LogP contribution in [0.5, 0.6) is 0 Å². The van der Waals surface area contributed by atoms with Crippen molar-refractivity contribution in [3.63, 3.8) is 0 Å². The molecule has 1 aromatic rings. The molecule has 1 aromatic carbocycles. The highest BCUT2D eigenvalue weighted by atomic mass is 32.2. The third-order valence-corrected chi connectivity index (χ3v) is 5.74. The Morgan fingerprint density at radius 3 is 2.43 bits per heavy atom. The second-order valence-corrected chi connectivity index (χ2v) is 7.58. The van der Waals surface area contributed by atoms with E-state index in [1.54, 1.807) is 0 Å². The Morgan fingerprint density at radius 1 is 1.00 bits per heavy atom. The fourth-order valence-corrected chi connectivity index (χ4v) is 4.40. The number of thioether (sulfide) groups is 1. The van der Waals surface area contributed by atoms with Crippen LogP contribution in [0.2, 0.25) is 0 Å². The molecule has 0 heterocycles. The van der Waals surface area contributed by atoms with Crippen LogP contribution in [0.3, 0.4) is 0 Å². The summed E-state index contributed by atoms with van der Waals surface area (Å²) in [5.74, 6) is 1.13. The molecule has 0 aromatic heterocycles. The highest BCUT2D eigenvalue weighted by Gasteiger charge is 2.27. The normalized spacial score (nSPS) is 21.3. The van der Waals surface area contributed by atoms with Gasteiger partial charge in [-0.2, -0.15) is 0 Å². The van der Waals surface area contributed by atoms with Gasteiger partial charge in [0.05, 0.1) is 0 Å². The molecule has 0 bridgehead atoms. The first-order chi connectivity index (χ1) is 11.2. The Balaban J connectivity index is 1.65. The predicted molar refractivity (Wildman–Crippen MR) is 101 cm³/mol. The van der Waals surface area contributed by atoms with Crippen LogP contribution in [-0.4, -0.2) is 25.0 Å². The lowest BCUT2D eigenvalue weighted by Crippen LogP contribution is -2.34. The van der Waals surface area contributed by atoms with Gasteiger partial charge >= 0.3 is 0 Å². The van der Waals surface area contributed by atoms with Gasteiger partial charge in [-0.25, -0.2) is 0 Å². The fourth-order valence-electron chi connectivity index (χ4n) is 3.31. The summed E-state index contributed by atoms with van der Waals surface area (Å²) in [5, 5.41) is 0. The minimum Gasteiger partial charge on any atom is -0.306 e. The van der Waals surface area contributed by atoms with Crippen molar-refractivity contribution in [2.45, 2.75) is 23.8 Å². The highest BCUT2D eigenvalue weighted by Crippen LogP contribution is 2.39. The summed E-state index contributed by atoms with van der Waals surface area (Å²) in [5.41, 5.74) is 0. The molecule has 0 N–H and O–H groups in total. The molecule has 1 unspecified atom stereocenters. The lowest BCUT2D eigenvalue weighted by atomic mass is 9.92. The number of nitrogens with zero attached hydrogens (tertiary/aromatic N) is 1. The van der Waals surface area contributed by atoms with Crippen molar-refractivity contribution in [1.29, 1.82) is 0 Å². The topological polar surface area (TPSA) is 3.24 Å². The van der Waals surface area contributed by atoms with E-state index >= 15 is 0 Å². The predicted octanol–water partition coefficient (Wildman–Crippen LogP) is 5.30. The molecule has 0 radical (unpaired) electrons. The van der Waals surface area contributed by atoms with E-state index < -0.39 is 0 Å². The first kappa shape index (κ1) is 16.4. The molecule has 2 heteroatoms. The number of benzene rings is 1. The van der Waals surface area contributed by atoms with E-state index in [1.165, 1.54) is 22.6 Å². The highest BCUT2D eigenvalue weighted by molar-refractivity contribution is 8.03. The Hall–Kier alpha value is -1.51. The average molecular weight is 324 g/mol. The number of allylic oxidation sites excluding steroid dienone is 6. The molecule has 2 aliphatic carbocycles. The summed E-state index contributed by atoms with van der Waals surface area (Å²) < 4.78 is 0. The molecule has 0 saturated carbocycles. The van der Waals surface area contributed by atoms with Gasteiger partial charge in [-0.3, -0.25) is 0 Å². The molecule has 1 nitrogen and oxygen atoms in total. The molecule has 0 saturated heterocycles. The van der Waals surface area contributed by atoms with Crippen LogP contribution in [0.4, 0.5) is 0 Å². The van der Waals surface area contributed by atoms with Crippen LogP contribution in [0.25, 0.3) is 0 Å². The summed E-state index contributed by atoms with van der Waals surface area (Å²) in [6.07, 6.45) is 18.3. The quantitative estimate of drug-likeness (QED) is 0.670. The van der Waals surface area contributed by atoms with Crippen LogP contribution in [0, 0.1) is 11.8 Å². The summed E-state index contributed by atoms with van der Waals surface area (Å²) in [4.78, 5) is 5.18. The second kappa shape index (κ2) is 7.85. The van der Waals surface area contributed by atoms with Crippen LogP contribution >= 0.6 is 11.8 Å². The van der Waals surface area contributed by atoms with E-state index in [9.17, 15) is 0 Å². The maximum atomic E-state index is 2.39. The monoisotopic (exact) mass is 323 g/mol. The fraction of sp³-hybridized carbons (Fsp3) is 0.333. The van der Waals surface area contributed by atoms with E-state index in [-0.39, 0.29) is 0 Å². The number of hydrogen-bond donors (Lipinski definition) is 0. The zero-order chi connectivity index (χ0) is 16.1. The maximum Gasteiger partial charge on any atom is 0.0241 e. The van der Waals surface area contributed by atoms with E-state index in [0.29, 0.717) is 17.9 Å². The molecule has 120 valence electrons. The minimum absolute atomic E-state index is 0.504. The number of rotatable bonds is 7. The van der Waals surface area contributed by atoms with E-state index in [4.69, 9.17) is 0 Å². The SMILES string of the molecule is CN(C)[C@H](CCC1C=CC=C1)C1C=CC=C1Sc1ccccc1. The first-order valence-corrected chi connectivity index (χ1v) is 9.18. The molecule has 2 aliphatic rings. The lowest BCUT2D eigenvalue weighted by Gasteiger charge is -2.31. The number of hydrogen-bond acceptors (Lipinski definition) is 2. The van der Waals surface area contributed by atoms with E-state index in [0.717, 1.165) is 0 Å². The molecular weight excluding hydrogens is 298 g/mol. The van der Waals surface area contributed by atoms with Crippen molar-refractivity contribution >= 4 is 11.8 Å². The van der Waals surface area contributed by atoms with Crippen LogP contribution in [-0.2, 0) is 0 Å². The smallest absolute Gasteiger partial charge is 0.0241 e. The molecular formula is C21H25NS. The van der Waals surface area contributed by atoms with Crippen LogP contribution in [0.1, 0.15) is 12.8 Å². The Bertz CT molecular complexity index is 613. The van der Waals surface area contributed by atoms with Crippen LogP contribution < -0.4 is 0 Å². The molecule has 0 fully saturated rings. The average Bonchev–Trinajstić information content (AvgIpc) is 3.21.